The molecule has 0 aromatic carbocycles. The summed E-state index contributed by atoms with van der Waals surface area (Å²) in [5, 5.41) is -4.00. The summed E-state index contributed by atoms with van der Waals surface area (Å²) < 4.78 is 150. The number of hydrogen-bond donors (Lipinski definition) is 1. The quantitative estimate of drug-likeness (QED) is 0.172. The van der Waals surface area contributed by atoms with Crippen LogP contribution in [0.2, 0.25) is 0 Å². The predicted octanol–water partition coefficient (Wildman–Crippen LogP) is 4.33. The van der Waals surface area contributed by atoms with Gasteiger partial charge in [-0.2, -0.15) is 48.3 Å². The van der Waals surface area contributed by atoms with Crippen LogP contribution < -0.4 is 0 Å². The van der Waals surface area contributed by atoms with Crippen molar-refractivity contribution in [2.24, 2.45) is 0 Å². The second-order valence-corrected chi connectivity index (χ2v) is 5.90. The van der Waals surface area contributed by atoms with E-state index in [2.05, 4.69) is 33.4 Å². The molecule has 0 rings (SSSR count). The number of esters is 2. The molecule has 30 heavy (non-hydrogen) atoms. The Morgan fingerprint density at radius 3 is 1.70 bits per heavy atom. The van der Waals surface area contributed by atoms with Crippen LogP contribution in [-0.2, 0) is 23.8 Å². The van der Waals surface area contributed by atoms with Gasteiger partial charge in [-0.05, 0) is 0 Å². The number of ether oxygens (including phenoxy) is 3. The Labute approximate surface area is 165 Å². The molecule has 0 aromatic rings. The van der Waals surface area contributed by atoms with Crippen molar-refractivity contribution >= 4 is 24.6 Å². The molecule has 0 saturated carbocycles. The van der Waals surface area contributed by atoms with Crippen LogP contribution in [0.15, 0.2) is 12.2 Å². The molecule has 0 radical (unpaired) electrons. The van der Waals surface area contributed by atoms with Gasteiger partial charge in [-0.3, -0.25) is 0 Å². The highest BCUT2D eigenvalue weighted by Gasteiger charge is 2.68. The zero-order chi connectivity index (χ0) is 24.2. The Hall–Kier alpha value is -1.78. The summed E-state index contributed by atoms with van der Waals surface area (Å²) in [5.74, 6) is -11.0. The third-order valence-electron chi connectivity index (χ3n) is 2.79. The number of thiol groups is 1. The molecule has 1 atom stereocenters. The highest BCUT2D eigenvalue weighted by Crippen LogP contribution is 2.39. The van der Waals surface area contributed by atoms with E-state index in [9.17, 15) is 57.9 Å². The number of alkyl halides is 11. The van der Waals surface area contributed by atoms with Crippen LogP contribution in [0.5, 0.6) is 0 Å². The van der Waals surface area contributed by atoms with E-state index in [0.29, 0.717) is 0 Å². The minimum Gasteiger partial charge on any atom is -0.460 e. The van der Waals surface area contributed by atoms with Gasteiger partial charge in [0.2, 0.25) is 0 Å². The van der Waals surface area contributed by atoms with E-state index in [4.69, 9.17) is 0 Å². The van der Waals surface area contributed by atoms with Crippen molar-refractivity contribution in [2.75, 3.05) is 13.2 Å². The second-order valence-electron chi connectivity index (χ2n) is 5.25. The highest BCUT2D eigenvalue weighted by molar-refractivity contribution is 7.81. The van der Waals surface area contributed by atoms with Crippen LogP contribution in [0, 0.1) is 0 Å². The van der Waals surface area contributed by atoms with Crippen molar-refractivity contribution in [1.82, 2.24) is 0 Å². The third kappa shape index (κ3) is 8.93. The predicted molar refractivity (Wildman–Crippen MR) is 76.2 cm³/mol. The molecule has 17 heteroatoms. The first-order valence-electron chi connectivity index (χ1n) is 7.17. The number of carbonyl (C=O) groups excluding carboxylic acids is 2. The molecule has 5 nitrogen and oxygen atoms in total. The molecular weight excluding hydrogens is 477 g/mol. The van der Waals surface area contributed by atoms with Crippen molar-refractivity contribution < 1.29 is 72.1 Å². The molecule has 0 aromatic heterocycles. The van der Waals surface area contributed by atoms with Crippen molar-refractivity contribution in [3.8, 4) is 0 Å². The van der Waals surface area contributed by atoms with Gasteiger partial charge >= 0.3 is 36.3 Å². The van der Waals surface area contributed by atoms with Crippen molar-refractivity contribution in [3.05, 3.63) is 12.2 Å². The standard InChI is InChI=1S/C13H11F11O5S/c1-6(12(19,20)21)7(25)29-11(13(22,23)24,28-5-3-10(17,18)30)8(26)27-4-2-9(14,15)16/h30H,1-5H2. The molecule has 0 N–H and O–H groups in total. The minimum atomic E-state index is -6.27. The summed E-state index contributed by atoms with van der Waals surface area (Å²) in [7, 11) is 0. The van der Waals surface area contributed by atoms with E-state index >= 15 is 0 Å². The van der Waals surface area contributed by atoms with Crippen LogP contribution >= 0.6 is 12.6 Å². The topological polar surface area (TPSA) is 61.8 Å². The molecule has 0 aliphatic carbocycles. The van der Waals surface area contributed by atoms with Gasteiger partial charge in [0.25, 0.3) is 5.25 Å². The average Bonchev–Trinajstić information content (AvgIpc) is 2.48. The smallest absolute Gasteiger partial charge is 0.460 e. The lowest BCUT2D eigenvalue weighted by atomic mass is 10.2. The van der Waals surface area contributed by atoms with E-state index in [1.54, 1.807) is 0 Å². The summed E-state index contributed by atoms with van der Waals surface area (Å²) >= 11 is 2.63. The first-order chi connectivity index (χ1) is 13.1. The molecule has 0 amide bonds. The summed E-state index contributed by atoms with van der Waals surface area (Å²) in [6, 6.07) is 0. The summed E-state index contributed by atoms with van der Waals surface area (Å²) in [6.07, 6.45) is -20.6. The third-order valence-corrected chi connectivity index (χ3v) is 3.02. The number of rotatable bonds is 9. The van der Waals surface area contributed by atoms with Gasteiger partial charge in [0.1, 0.15) is 12.2 Å². The Kier molecular flexibility index (Phi) is 9.00. The van der Waals surface area contributed by atoms with E-state index < -0.39 is 73.1 Å². The van der Waals surface area contributed by atoms with Crippen LogP contribution in [0.3, 0.4) is 0 Å². The van der Waals surface area contributed by atoms with Gasteiger partial charge in [0, 0.05) is 6.42 Å². The summed E-state index contributed by atoms with van der Waals surface area (Å²) in [6.45, 7) is -1.47. The molecule has 0 bridgehead atoms. The van der Waals surface area contributed by atoms with Crippen LogP contribution in [0.25, 0.3) is 0 Å². The van der Waals surface area contributed by atoms with E-state index in [1.807, 2.05) is 0 Å². The molecule has 0 aliphatic heterocycles. The zero-order valence-electron chi connectivity index (χ0n) is 14.2. The Balaban J connectivity index is 5.92. The first kappa shape index (κ1) is 28.2. The molecule has 0 aliphatic rings. The normalized spacial score (nSPS) is 15.3. The fourth-order valence-electron chi connectivity index (χ4n) is 1.37. The minimum absolute atomic E-state index is 1.68. The lowest BCUT2D eigenvalue weighted by Gasteiger charge is -2.32. The summed E-state index contributed by atoms with van der Waals surface area (Å²) in [4.78, 5) is 23.1. The maximum Gasteiger partial charge on any atom is 0.468 e. The Bertz CT molecular complexity index is 635. The van der Waals surface area contributed by atoms with Crippen LogP contribution in [0.1, 0.15) is 12.8 Å². The highest BCUT2D eigenvalue weighted by atomic mass is 32.1. The van der Waals surface area contributed by atoms with Crippen molar-refractivity contribution in [1.29, 1.82) is 0 Å². The SMILES string of the molecule is C=C(C(=O)OC(OCCC(F)(F)S)(C(=O)OCCC(F)(F)F)C(F)(F)F)C(F)(F)F. The number of carbonyl (C=O) groups is 2. The summed E-state index contributed by atoms with van der Waals surface area (Å²) in [5.41, 5.74) is -2.57. The molecule has 176 valence electrons. The molecule has 0 spiro atoms. The molecule has 0 saturated heterocycles. The number of halogens is 11. The van der Waals surface area contributed by atoms with Crippen LogP contribution in [0.4, 0.5) is 48.3 Å². The maximum absolute atomic E-state index is 13.4. The average molecular weight is 488 g/mol. The Morgan fingerprint density at radius 2 is 1.33 bits per heavy atom. The Morgan fingerprint density at radius 1 is 0.833 bits per heavy atom. The monoisotopic (exact) mass is 488 g/mol. The van der Waals surface area contributed by atoms with Gasteiger partial charge in [0.05, 0.1) is 13.0 Å². The number of hydrogen-bond acceptors (Lipinski definition) is 6. The van der Waals surface area contributed by atoms with Gasteiger partial charge in [-0.1, -0.05) is 6.58 Å². The van der Waals surface area contributed by atoms with Gasteiger partial charge < -0.3 is 14.2 Å². The fourth-order valence-corrected chi connectivity index (χ4v) is 1.46. The molecule has 1 unspecified atom stereocenters. The lowest BCUT2D eigenvalue weighted by molar-refractivity contribution is -0.356. The van der Waals surface area contributed by atoms with Crippen molar-refractivity contribution in [2.45, 2.75) is 42.4 Å². The zero-order valence-corrected chi connectivity index (χ0v) is 15.1. The largest absolute Gasteiger partial charge is 0.468 e. The van der Waals surface area contributed by atoms with Gasteiger partial charge in [-0.15, -0.1) is 12.6 Å². The maximum atomic E-state index is 13.4. The molecule has 0 heterocycles. The van der Waals surface area contributed by atoms with Crippen LogP contribution in [-0.4, -0.2) is 54.7 Å². The molecular formula is C13H11F11O5S. The van der Waals surface area contributed by atoms with Gasteiger partial charge in [0.15, 0.2) is 0 Å². The van der Waals surface area contributed by atoms with E-state index in [-0.39, 0.29) is 0 Å². The van der Waals surface area contributed by atoms with E-state index in [0.717, 1.165) is 0 Å². The molecule has 0 fully saturated rings. The second kappa shape index (κ2) is 9.57. The van der Waals surface area contributed by atoms with Gasteiger partial charge in [-0.25, -0.2) is 9.59 Å². The first-order valence-corrected chi connectivity index (χ1v) is 7.61. The van der Waals surface area contributed by atoms with E-state index in [1.165, 1.54) is 0 Å². The van der Waals surface area contributed by atoms with Crippen molar-refractivity contribution in [3.63, 3.8) is 0 Å². The fraction of sp³-hybridized carbons (Fsp3) is 0.692. The lowest BCUT2D eigenvalue weighted by Crippen LogP contribution is -2.59.